The third-order valence-corrected chi connectivity index (χ3v) is 5.54. The summed E-state index contributed by atoms with van der Waals surface area (Å²) in [7, 11) is -0.843. The number of amides is 1. The fourth-order valence-corrected chi connectivity index (χ4v) is 3.26. The number of halogens is 3. The number of nitrogens with one attached hydrogen (secondary N) is 1. The predicted octanol–water partition coefficient (Wildman–Crippen LogP) is 3.64. The molecule has 0 heterocycles. The Labute approximate surface area is 149 Å². The highest BCUT2D eigenvalue weighted by molar-refractivity contribution is 7.89. The van der Waals surface area contributed by atoms with Crippen LogP contribution < -0.4 is 5.32 Å². The normalized spacial score (nSPS) is 11.6. The van der Waals surface area contributed by atoms with Gasteiger partial charge in [0.05, 0.1) is 20.5 Å². The summed E-state index contributed by atoms with van der Waals surface area (Å²) >= 11 is 11.5. The first-order chi connectivity index (χ1) is 11.1. The third-order valence-electron chi connectivity index (χ3n) is 3.13. The lowest BCUT2D eigenvalue weighted by atomic mass is 10.2. The molecule has 5 nitrogen and oxygen atoms in total. The quantitative estimate of drug-likeness (QED) is 0.810. The Kier molecular flexibility index (Phi) is 5.49. The number of benzene rings is 2. The molecule has 2 aromatic carbocycles. The van der Waals surface area contributed by atoms with E-state index in [9.17, 15) is 17.6 Å². The highest BCUT2D eigenvalue weighted by Crippen LogP contribution is 2.25. The number of nitrogens with zero attached hydrogens (tertiary/aromatic N) is 1. The van der Waals surface area contributed by atoms with Gasteiger partial charge < -0.3 is 5.32 Å². The number of carbonyl (C=O) groups is 1. The first-order valence-corrected chi connectivity index (χ1v) is 8.81. The molecule has 0 atom stereocenters. The molecule has 0 aromatic heterocycles. The van der Waals surface area contributed by atoms with Crippen LogP contribution in [0.1, 0.15) is 10.4 Å². The zero-order chi connectivity index (χ0) is 18.1. The first-order valence-electron chi connectivity index (χ1n) is 6.61. The fourth-order valence-electron chi connectivity index (χ4n) is 1.84. The van der Waals surface area contributed by atoms with Crippen molar-refractivity contribution in [2.45, 2.75) is 4.90 Å². The summed E-state index contributed by atoms with van der Waals surface area (Å²) in [6.07, 6.45) is 0. The van der Waals surface area contributed by atoms with Crippen LogP contribution in [0.25, 0.3) is 0 Å². The smallest absolute Gasteiger partial charge is 0.257 e. The lowest BCUT2D eigenvalue weighted by molar-refractivity contribution is 0.102. The van der Waals surface area contributed by atoms with Crippen molar-refractivity contribution in [2.75, 3.05) is 19.4 Å². The zero-order valence-corrected chi connectivity index (χ0v) is 15.0. The summed E-state index contributed by atoms with van der Waals surface area (Å²) in [6.45, 7) is 0. The average Bonchev–Trinajstić information content (AvgIpc) is 2.50. The second-order valence-corrected chi connectivity index (χ2v) is 7.98. The summed E-state index contributed by atoms with van der Waals surface area (Å²) in [5.41, 5.74) is 0.119. The van der Waals surface area contributed by atoms with Gasteiger partial charge in [-0.3, -0.25) is 4.79 Å². The van der Waals surface area contributed by atoms with Gasteiger partial charge in [-0.2, -0.15) is 0 Å². The van der Waals surface area contributed by atoms with Gasteiger partial charge in [-0.1, -0.05) is 29.3 Å². The van der Waals surface area contributed by atoms with Crippen LogP contribution in [-0.2, 0) is 10.0 Å². The van der Waals surface area contributed by atoms with Gasteiger partial charge in [0.1, 0.15) is 5.82 Å². The van der Waals surface area contributed by atoms with Crippen molar-refractivity contribution in [1.82, 2.24) is 4.31 Å². The Hall–Kier alpha value is -1.67. The summed E-state index contributed by atoms with van der Waals surface area (Å²) < 4.78 is 38.8. The molecule has 0 radical (unpaired) electrons. The molecule has 0 spiro atoms. The molecule has 0 aliphatic rings. The SMILES string of the molecule is CN(C)S(=O)(=O)c1cccc(NC(=O)c2cc(F)c(Cl)cc2Cl)c1. The minimum Gasteiger partial charge on any atom is -0.322 e. The highest BCUT2D eigenvalue weighted by atomic mass is 35.5. The third kappa shape index (κ3) is 3.87. The fraction of sp³-hybridized carbons (Fsp3) is 0.133. The largest absolute Gasteiger partial charge is 0.322 e. The number of hydrogen-bond donors (Lipinski definition) is 1. The Balaban J connectivity index is 2.33. The Morgan fingerprint density at radius 2 is 1.79 bits per heavy atom. The van der Waals surface area contributed by atoms with E-state index in [2.05, 4.69) is 5.32 Å². The topological polar surface area (TPSA) is 66.5 Å². The molecular weight excluding hydrogens is 378 g/mol. The molecule has 0 fully saturated rings. The number of carbonyl (C=O) groups excluding carboxylic acids is 1. The number of hydrogen-bond acceptors (Lipinski definition) is 3. The molecule has 0 saturated carbocycles. The molecule has 0 aliphatic heterocycles. The number of rotatable bonds is 4. The molecule has 24 heavy (non-hydrogen) atoms. The van der Waals surface area contributed by atoms with E-state index >= 15 is 0 Å². The molecule has 0 aliphatic carbocycles. The van der Waals surface area contributed by atoms with E-state index in [0.717, 1.165) is 16.4 Å². The maximum Gasteiger partial charge on any atom is 0.257 e. The maximum atomic E-state index is 13.5. The summed E-state index contributed by atoms with van der Waals surface area (Å²) in [5, 5.41) is 2.26. The van der Waals surface area contributed by atoms with Gasteiger partial charge >= 0.3 is 0 Å². The van der Waals surface area contributed by atoms with Crippen molar-refractivity contribution < 1.29 is 17.6 Å². The van der Waals surface area contributed by atoms with Crippen molar-refractivity contribution in [3.8, 4) is 0 Å². The first kappa shape index (κ1) is 18.7. The van der Waals surface area contributed by atoms with Crippen molar-refractivity contribution in [2.24, 2.45) is 0 Å². The Bertz CT molecular complexity index is 902. The monoisotopic (exact) mass is 390 g/mol. The van der Waals surface area contributed by atoms with Crippen LogP contribution >= 0.6 is 23.2 Å². The molecule has 2 rings (SSSR count). The summed E-state index contributed by atoms with van der Waals surface area (Å²) in [6, 6.07) is 7.73. The highest BCUT2D eigenvalue weighted by Gasteiger charge is 2.19. The van der Waals surface area contributed by atoms with Crippen LogP contribution in [-0.4, -0.2) is 32.7 Å². The van der Waals surface area contributed by atoms with Gasteiger partial charge in [0.15, 0.2) is 0 Å². The maximum absolute atomic E-state index is 13.5. The second-order valence-electron chi connectivity index (χ2n) is 5.02. The van der Waals surface area contributed by atoms with Gasteiger partial charge in [0.25, 0.3) is 5.91 Å². The van der Waals surface area contributed by atoms with Crippen LogP contribution in [0, 0.1) is 5.82 Å². The van der Waals surface area contributed by atoms with Crippen LogP contribution in [0.3, 0.4) is 0 Å². The van der Waals surface area contributed by atoms with E-state index in [1.165, 1.54) is 38.4 Å². The Morgan fingerprint density at radius 1 is 1.12 bits per heavy atom. The van der Waals surface area contributed by atoms with Crippen molar-refractivity contribution in [1.29, 1.82) is 0 Å². The van der Waals surface area contributed by atoms with Crippen LogP contribution in [0.4, 0.5) is 10.1 Å². The molecule has 1 N–H and O–H groups in total. The lowest BCUT2D eigenvalue weighted by Crippen LogP contribution is -2.22. The average molecular weight is 391 g/mol. The molecule has 128 valence electrons. The predicted molar refractivity (Wildman–Crippen MR) is 91.7 cm³/mol. The summed E-state index contributed by atoms with van der Waals surface area (Å²) in [4.78, 5) is 12.2. The van der Waals surface area contributed by atoms with E-state index in [1.54, 1.807) is 0 Å². The molecule has 9 heteroatoms. The summed E-state index contributed by atoms with van der Waals surface area (Å²) in [5.74, 6) is -1.47. The number of sulfonamides is 1. The van der Waals surface area contributed by atoms with Crippen LogP contribution in [0.2, 0.25) is 10.0 Å². The minimum absolute atomic E-state index is 0.0127. The standard InChI is InChI=1S/C15H13Cl2FN2O3S/c1-20(2)24(22,23)10-5-3-4-9(6-10)19-15(21)11-7-14(18)13(17)8-12(11)16/h3-8H,1-2H3,(H,19,21). The van der Waals surface area contributed by atoms with Gasteiger partial charge in [-0.15, -0.1) is 0 Å². The van der Waals surface area contributed by atoms with Gasteiger partial charge in [0, 0.05) is 19.8 Å². The van der Waals surface area contributed by atoms with Crippen LogP contribution in [0.5, 0.6) is 0 Å². The Morgan fingerprint density at radius 3 is 2.42 bits per heavy atom. The molecule has 0 bridgehead atoms. The molecule has 1 amide bonds. The van der Waals surface area contributed by atoms with E-state index in [1.807, 2.05) is 0 Å². The van der Waals surface area contributed by atoms with E-state index in [4.69, 9.17) is 23.2 Å². The van der Waals surface area contributed by atoms with E-state index < -0.39 is 21.7 Å². The van der Waals surface area contributed by atoms with Crippen molar-refractivity contribution >= 4 is 44.8 Å². The van der Waals surface area contributed by atoms with Gasteiger partial charge in [-0.25, -0.2) is 17.1 Å². The zero-order valence-electron chi connectivity index (χ0n) is 12.7. The van der Waals surface area contributed by atoms with Gasteiger partial charge in [0.2, 0.25) is 10.0 Å². The minimum atomic E-state index is -3.64. The molecule has 2 aromatic rings. The molecule has 0 saturated heterocycles. The van der Waals surface area contributed by atoms with Crippen molar-refractivity contribution in [3.63, 3.8) is 0 Å². The van der Waals surface area contributed by atoms with Crippen LogP contribution in [0.15, 0.2) is 41.3 Å². The molecular formula is C15H13Cl2FN2O3S. The van der Waals surface area contributed by atoms with E-state index in [-0.39, 0.29) is 26.2 Å². The number of anilines is 1. The van der Waals surface area contributed by atoms with Gasteiger partial charge in [-0.05, 0) is 30.3 Å². The second kappa shape index (κ2) is 7.06. The van der Waals surface area contributed by atoms with Crippen molar-refractivity contribution in [3.05, 3.63) is 57.8 Å². The lowest BCUT2D eigenvalue weighted by Gasteiger charge is -2.13. The molecule has 0 unspecified atom stereocenters. The van der Waals surface area contributed by atoms with E-state index in [0.29, 0.717) is 0 Å².